The van der Waals surface area contributed by atoms with Crippen LogP contribution in [0.1, 0.15) is 32.3 Å². The van der Waals surface area contributed by atoms with Gasteiger partial charge in [-0.1, -0.05) is 13.8 Å². The summed E-state index contributed by atoms with van der Waals surface area (Å²) in [5, 5.41) is 7.37. The molecule has 3 nitrogen and oxygen atoms in total. The van der Waals surface area contributed by atoms with Crippen molar-refractivity contribution in [3.63, 3.8) is 0 Å². The molecule has 0 saturated carbocycles. The van der Waals surface area contributed by atoms with Crippen LogP contribution in [0.25, 0.3) is 0 Å². The summed E-state index contributed by atoms with van der Waals surface area (Å²) < 4.78 is 0. The average molecular weight is 231 g/mol. The molecule has 1 aromatic rings. The Kier molecular flexibility index (Phi) is 3.09. The van der Waals surface area contributed by atoms with E-state index in [1.807, 2.05) is 12.1 Å². The molecule has 1 aliphatic rings. The fourth-order valence-electron chi connectivity index (χ4n) is 2.22. The molecule has 1 saturated heterocycles. The highest BCUT2D eigenvalue weighted by molar-refractivity contribution is 5.95. The second-order valence-electron chi connectivity index (χ2n) is 5.61. The van der Waals surface area contributed by atoms with Crippen molar-refractivity contribution in [2.24, 2.45) is 11.1 Å². The Morgan fingerprint density at radius 3 is 2.18 bits per heavy atom. The van der Waals surface area contributed by atoms with E-state index in [9.17, 15) is 0 Å². The molecule has 1 fully saturated rings. The lowest BCUT2D eigenvalue weighted by atomic mass is 9.82. The van der Waals surface area contributed by atoms with E-state index in [1.54, 1.807) is 0 Å². The third-order valence-corrected chi connectivity index (χ3v) is 3.66. The lowest BCUT2D eigenvalue weighted by molar-refractivity contribution is 0.280. The minimum atomic E-state index is 0.135. The first-order chi connectivity index (χ1) is 7.98. The molecule has 3 heteroatoms. The fraction of sp³-hybridized carbons (Fsp3) is 0.500. The Morgan fingerprint density at radius 2 is 1.71 bits per heavy atom. The molecule has 92 valence electrons. The molecular weight excluding hydrogens is 210 g/mol. The number of amidine groups is 1. The van der Waals surface area contributed by atoms with E-state index in [0.717, 1.165) is 18.7 Å². The lowest BCUT2D eigenvalue weighted by Gasteiger charge is -2.38. The van der Waals surface area contributed by atoms with Crippen LogP contribution in [0.5, 0.6) is 0 Å². The van der Waals surface area contributed by atoms with Crippen LogP contribution in [-0.2, 0) is 0 Å². The molecule has 1 aromatic carbocycles. The molecule has 2 rings (SSSR count). The molecule has 0 spiro atoms. The normalized spacial score (nSPS) is 19.1. The van der Waals surface area contributed by atoms with Crippen molar-refractivity contribution >= 4 is 11.5 Å². The van der Waals surface area contributed by atoms with Gasteiger partial charge in [-0.05, 0) is 42.5 Å². The molecule has 0 atom stereocenters. The zero-order chi connectivity index (χ0) is 12.5. The Labute approximate surface area is 103 Å². The Bertz CT molecular complexity index is 396. The van der Waals surface area contributed by atoms with Gasteiger partial charge in [-0.15, -0.1) is 0 Å². The predicted octanol–water partition coefficient (Wildman–Crippen LogP) is 2.60. The van der Waals surface area contributed by atoms with E-state index in [1.165, 1.54) is 18.5 Å². The highest BCUT2D eigenvalue weighted by Crippen LogP contribution is 2.32. The van der Waals surface area contributed by atoms with Crippen LogP contribution in [0.4, 0.5) is 5.69 Å². The summed E-state index contributed by atoms with van der Waals surface area (Å²) in [7, 11) is 0. The first-order valence-corrected chi connectivity index (χ1v) is 6.17. The van der Waals surface area contributed by atoms with Gasteiger partial charge in [-0.3, -0.25) is 5.41 Å². The summed E-state index contributed by atoms with van der Waals surface area (Å²) in [6, 6.07) is 7.99. The minimum absolute atomic E-state index is 0.135. The van der Waals surface area contributed by atoms with Crippen molar-refractivity contribution in [3.05, 3.63) is 29.8 Å². The van der Waals surface area contributed by atoms with Gasteiger partial charge in [0.25, 0.3) is 0 Å². The van der Waals surface area contributed by atoms with Gasteiger partial charge in [-0.2, -0.15) is 0 Å². The number of nitrogens with two attached hydrogens (primary N) is 1. The van der Waals surface area contributed by atoms with Crippen molar-refractivity contribution in [2.45, 2.75) is 26.7 Å². The van der Waals surface area contributed by atoms with Crippen LogP contribution >= 0.6 is 0 Å². The number of benzene rings is 1. The summed E-state index contributed by atoms with van der Waals surface area (Å²) in [5.74, 6) is 0.135. The first-order valence-electron chi connectivity index (χ1n) is 6.17. The molecule has 0 aliphatic carbocycles. The highest BCUT2D eigenvalue weighted by atomic mass is 15.1. The first kappa shape index (κ1) is 12.0. The van der Waals surface area contributed by atoms with Gasteiger partial charge < -0.3 is 10.6 Å². The maximum absolute atomic E-state index is 7.37. The summed E-state index contributed by atoms with van der Waals surface area (Å²) in [6.07, 6.45) is 2.48. The zero-order valence-corrected chi connectivity index (χ0v) is 10.7. The van der Waals surface area contributed by atoms with E-state index in [-0.39, 0.29) is 5.84 Å². The smallest absolute Gasteiger partial charge is 0.122 e. The lowest BCUT2D eigenvalue weighted by Crippen LogP contribution is -2.37. The second kappa shape index (κ2) is 4.40. The molecular formula is C14H21N3. The van der Waals surface area contributed by atoms with Crippen molar-refractivity contribution in [1.29, 1.82) is 5.41 Å². The Balaban J connectivity index is 2.06. The van der Waals surface area contributed by atoms with Crippen LogP contribution in [0, 0.1) is 10.8 Å². The van der Waals surface area contributed by atoms with Crippen LogP contribution < -0.4 is 10.6 Å². The van der Waals surface area contributed by atoms with Crippen molar-refractivity contribution in [1.82, 2.24) is 0 Å². The highest BCUT2D eigenvalue weighted by Gasteiger charge is 2.25. The van der Waals surface area contributed by atoms with Crippen molar-refractivity contribution < 1.29 is 0 Å². The summed E-state index contributed by atoms with van der Waals surface area (Å²) in [4.78, 5) is 2.41. The molecule has 0 amide bonds. The predicted molar refractivity (Wildman–Crippen MR) is 72.7 cm³/mol. The van der Waals surface area contributed by atoms with Gasteiger partial charge >= 0.3 is 0 Å². The third kappa shape index (κ3) is 2.78. The number of nitrogens with one attached hydrogen (secondary N) is 1. The quantitative estimate of drug-likeness (QED) is 0.607. The maximum Gasteiger partial charge on any atom is 0.122 e. The number of rotatable bonds is 2. The number of anilines is 1. The fourth-order valence-corrected chi connectivity index (χ4v) is 2.22. The third-order valence-electron chi connectivity index (χ3n) is 3.66. The molecule has 0 bridgehead atoms. The molecule has 0 unspecified atom stereocenters. The van der Waals surface area contributed by atoms with Gasteiger partial charge in [0.05, 0.1) is 0 Å². The minimum Gasteiger partial charge on any atom is -0.384 e. The van der Waals surface area contributed by atoms with Crippen molar-refractivity contribution in [2.75, 3.05) is 18.0 Å². The number of hydrogen-bond donors (Lipinski definition) is 2. The summed E-state index contributed by atoms with van der Waals surface area (Å²) in [5.41, 5.74) is 7.97. The van der Waals surface area contributed by atoms with Gasteiger partial charge in [0, 0.05) is 24.3 Å². The van der Waals surface area contributed by atoms with Crippen LogP contribution in [0.2, 0.25) is 0 Å². The van der Waals surface area contributed by atoms with Crippen LogP contribution in [0.3, 0.4) is 0 Å². The number of nitrogens with zero attached hydrogens (tertiary/aromatic N) is 1. The summed E-state index contributed by atoms with van der Waals surface area (Å²) >= 11 is 0. The van der Waals surface area contributed by atoms with Crippen LogP contribution in [0.15, 0.2) is 24.3 Å². The monoisotopic (exact) mass is 231 g/mol. The Morgan fingerprint density at radius 1 is 1.18 bits per heavy atom. The molecule has 17 heavy (non-hydrogen) atoms. The number of hydrogen-bond acceptors (Lipinski definition) is 2. The molecule has 3 N–H and O–H groups in total. The topological polar surface area (TPSA) is 53.1 Å². The van der Waals surface area contributed by atoms with E-state index in [0.29, 0.717) is 5.41 Å². The van der Waals surface area contributed by atoms with Gasteiger partial charge in [0.15, 0.2) is 0 Å². The number of nitrogen functional groups attached to an aromatic ring is 1. The molecule has 0 radical (unpaired) electrons. The maximum atomic E-state index is 7.37. The van der Waals surface area contributed by atoms with E-state index in [4.69, 9.17) is 11.1 Å². The van der Waals surface area contributed by atoms with E-state index in [2.05, 4.69) is 30.9 Å². The SMILES string of the molecule is CC1(C)CCN(c2ccc(C(=N)N)cc2)CC1. The summed E-state index contributed by atoms with van der Waals surface area (Å²) in [6.45, 7) is 6.91. The Hall–Kier alpha value is -1.51. The molecule has 0 aromatic heterocycles. The second-order valence-corrected chi connectivity index (χ2v) is 5.61. The zero-order valence-electron chi connectivity index (χ0n) is 10.7. The molecule has 1 heterocycles. The van der Waals surface area contributed by atoms with Gasteiger partial charge in [0.2, 0.25) is 0 Å². The van der Waals surface area contributed by atoms with Crippen LogP contribution in [-0.4, -0.2) is 18.9 Å². The largest absolute Gasteiger partial charge is 0.384 e. The van der Waals surface area contributed by atoms with Gasteiger partial charge in [-0.25, -0.2) is 0 Å². The van der Waals surface area contributed by atoms with E-state index >= 15 is 0 Å². The molecule has 1 aliphatic heterocycles. The van der Waals surface area contributed by atoms with E-state index < -0.39 is 0 Å². The average Bonchev–Trinajstić information content (AvgIpc) is 2.29. The number of piperidine rings is 1. The van der Waals surface area contributed by atoms with Gasteiger partial charge in [0.1, 0.15) is 5.84 Å². The standard InChI is InChI=1S/C14H21N3/c1-14(2)7-9-17(10-8-14)12-5-3-11(4-6-12)13(15)16/h3-6H,7-10H2,1-2H3,(H3,15,16). The van der Waals surface area contributed by atoms with Crippen molar-refractivity contribution in [3.8, 4) is 0 Å².